The summed E-state index contributed by atoms with van der Waals surface area (Å²) in [7, 11) is 6.16. The molecule has 3 aliphatic rings. The predicted molar refractivity (Wildman–Crippen MR) is 127 cm³/mol. The molecule has 0 aromatic heterocycles. The minimum atomic E-state index is -0.694. The van der Waals surface area contributed by atoms with E-state index in [0.29, 0.717) is 6.42 Å². The van der Waals surface area contributed by atoms with Gasteiger partial charge in [-0.1, -0.05) is 39.5 Å². The van der Waals surface area contributed by atoms with Crippen molar-refractivity contribution in [1.29, 1.82) is 0 Å². The second-order valence-corrected chi connectivity index (χ2v) is 5.89. The topological polar surface area (TPSA) is 174 Å². The standard InChI is InChI=1S/C10H8O6.C7H8O.C2H6.3CH5N.CH4.5W/c11-6-2-3-4-1-5(7(3)10(14)15-6)9(13)16-8(4)12;1-8-7-5-3-2-4-6-7;4*1-2;;;;;;/h3-5,7H,1-2H2;2-6H,1H3;1-2H3;3*2H2,1H3;1H4;;;;;. The summed E-state index contributed by atoms with van der Waals surface area (Å²) in [6.07, 6.45) is 0.315. The molecular formula is C23H41N3O7W5. The summed E-state index contributed by atoms with van der Waals surface area (Å²) < 4.78 is 14.0. The van der Waals surface area contributed by atoms with Crippen LogP contribution in [0.1, 0.15) is 34.1 Å². The fraction of sp³-hybridized carbons (Fsp3) is 0.565. The minimum Gasteiger partial charge on any atom is -0.497 e. The second kappa shape index (κ2) is 35.6. The Bertz CT molecular complexity index is 720. The number of cyclic esters (lactones) is 4. The molecule has 15 heteroatoms. The molecule has 2 bridgehead atoms. The van der Waals surface area contributed by atoms with Crippen molar-refractivity contribution in [2.75, 3.05) is 28.3 Å². The maximum atomic E-state index is 11.5. The Hall–Kier alpha value is 0.622. The first-order chi connectivity index (χ1) is 15.5. The minimum absolute atomic E-state index is 0. The van der Waals surface area contributed by atoms with Crippen molar-refractivity contribution >= 4 is 23.9 Å². The number of hydrogen-bond acceptors (Lipinski definition) is 10. The molecule has 10 nitrogen and oxygen atoms in total. The first-order valence-electron chi connectivity index (χ1n) is 10.3. The number of rotatable bonds is 1. The van der Waals surface area contributed by atoms with E-state index in [9.17, 15) is 19.2 Å². The van der Waals surface area contributed by atoms with Gasteiger partial charge in [-0.15, -0.1) is 0 Å². The summed E-state index contributed by atoms with van der Waals surface area (Å²) in [4.78, 5) is 45.5. The summed E-state index contributed by atoms with van der Waals surface area (Å²) in [5, 5.41) is 0. The van der Waals surface area contributed by atoms with E-state index in [0.717, 1.165) is 5.75 Å². The monoisotopic (exact) mass is 1390 g/mol. The van der Waals surface area contributed by atoms with E-state index in [-0.39, 0.29) is 119 Å². The summed E-state index contributed by atoms with van der Waals surface area (Å²) in [6, 6.07) is 9.68. The van der Waals surface area contributed by atoms with Crippen molar-refractivity contribution in [2.24, 2.45) is 40.9 Å². The van der Waals surface area contributed by atoms with Crippen LogP contribution < -0.4 is 21.9 Å². The first-order valence-corrected chi connectivity index (χ1v) is 10.3. The van der Waals surface area contributed by atoms with E-state index in [1.165, 1.54) is 21.1 Å². The SMILES string of the molecule is C.CC.CN.CN.CN.COc1ccccc1.O=C1CC2C3CC(C(=O)OC3=O)C2C(=O)O1.[W].[W].[W].[W].[W]. The van der Waals surface area contributed by atoms with Gasteiger partial charge in [0.1, 0.15) is 5.75 Å². The number of para-hydroxylation sites is 1. The number of fused-ring (bicyclic) bond motifs is 5. The van der Waals surface area contributed by atoms with Gasteiger partial charge in [-0.25, -0.2) is 0 Å². The van der Waals surface area contributed by atoms with Gasteiger partial charge < -0.3 is 31.4 Å². The molecule has 4 atom stereocenters. The van der Waals surface area contributed by atoms with Gasteiger partial charge in [-0.05, 0) is 45.6 Å². The molecule has 1 aromatic rings. The summed E-state index contributed by atoms with van der Waals surface area (Å²) in [5.41, 5.74) is 13.5. The Kier molecular flexibility index (Phi) is 54.7. The van der Waals surface area contributed by atoms with Crippen LogP contribution in [-0.2, 0) is 134 Å². The summed E-state index contributed by atoms with van der Waals surface area (Å²) in [6.45, 7) is 4.00. The first kappa shape index (κ1) is 58.3. The molecule has 4 rings (SSSR count). The maximum absolute atomic E-state index is 11.5. The zero-order chi connectivity index (χ0) is 25.3. The van der Waals surface area contributed by atoms with Crippen LogP contribution >= 0.6 is 0 Å². The molecule has 2 aliphatic heterocycles. The van der Waals surface area contributed by atoms with Crippen molar-refractivity contribution in [2.45, 2.75) is 34.1 Å². The Morgan fingerprint density at radius 2 is 1.13 bits per heavy atom. The number of esters is 4. The largest absolute Gasteiger partial charge is 0.497 e. The average molecular weight is 1390 g/mol. The average Bonchev–Trinajstić information content (AvgIpc) is 3.21. The van der Waals surface area contributed by atoms with Crippen LogP contribution in [0.15, 0.2) is 30.3 Å². The molecule has 6 N–H and O–H groups in total. The van der Waals surface area contributed by atoms with E-state index in [2.05, 4.69) is 26.7 Å². The van der Waals surface area contributed by atoms with E-state index >= 15 is 0 Å². The van der Waals surface area contributed by atoms with Gasteiger partial charge in [0.2, 0.25) is 0 Å². The van der Waals surface area contributed by atoms with Crippen molar-refractivity contribution in [3.63, 3.8) is 0 Å². The zero-order valence-corrected chi connectivity index (χ0v) is 36.4. The number of benzene rings is 1. The molecule has 1 aliphatic carbocycles. The van der Waals surface area contributed by atoms with Gasteiger partial charge in [0.05, 0.1) is 31.3 Å². The number of carbonyl (C=O) groups excluding carboxylic acids is 4. The van der Waals surface area contributed by atoms with Crippen molar-refractivity contribution in [1.82, 2.24) is 0 Å². The van der Waals surface area contributed by atoms with Crippen LogP contribution in [0.4, 0.5) is 0 Å². The van der Waals surface area contributed by atoms with Crippen LogP contribution in [0.25, 0.3) is 0 Å². The zero-order valence-electron chi connectivity index (χ0n) is 21.7. The van der Waals surface area contributed by atoms with E-state index < -0.39 is 47.5 Å². The molecule has 1 saturated carbocycles. The molecule has 0 radical (unpaired) electrons. The number of ether oxygens (including phenoxy) is 3. The molecule has 2 heterocycles. The molecule has 0 amide bonds. The molecule has 38 heavy (non-hydrogen) atoms. The molecule has 0 spiro atoms. The Morgan fingerprint density at radius 3 is 1.53 bits per heavy atom. The van der Waals surface area contributed by atoms with Crippen LogP contribution in [0, 0.1) is 23.7 Å². The number of methoxy groups -OCH3 is 1. The molecule has 2 saturated heterocycles. The van der Waals surface area contributed by atoms with E-state index in [1.807, 2.05) is 44.2 Å². The van der Waals surface area contributed by atoms with Crippen LogP contribution in [0.3, 0.4) is 0 Å². The maximum Gasteiger partial charge on any atom is 0.317 e. The molecule has 220 valence electrons. The summed E-state index contributed by atoms with van der Waals surface area (Å²) in [5.74, 6) is -3.92. The molecule has 3 fully saturated rings. The number of hydrogen-bond donors (Lipinski definition) is 3. The van der Waals surface area contributed by atoms with Gasteiger partial charge in [-0.3, -0.25) is 19.2 Å². The summed E-state index contributed by atoms with van der Waals surface area (Å²) >= 11 is 0. The molecular weight excluding hydrogens is 1350 g/mol. The van der Waals surface area contributed by atoms with Gasteiger partial charge in [-0.2, -0.15) is 0 Å². The second-order valence-electron chi connectivity index (χ2n) is 5.89. The van der Waals surface area contributed by atoms with Gasteiger partial charge >= 0.3 is 23.9 Å². The smallest absolute Gasteiger partial charge is 0.317 e. The normalized spacial score (nSPS) is 19.9. The molecule has 1 aromatic carbocycles. The van der Waals surface area contributed by atoms with Crippen molar-refractivity contribution in [3.8, 4) is 5.75 Å². The quantitative estimate of drug-likeness (QED) is 0.277. The Balaban J connectivity index is -0.0000000598. The number of nitrogens with two attached hydrogens (primary N) is 3. The third kappa shape index (κ3) is 18.1. The third-order valence-corrected chi connectivity index (χ3v) is 4.59. The van der Waals surface area contributed by atoms with Crippen molar-refractivity contribution in [3.05, 3.63) is 30.3 Å². The fourth-order valence-corrected chi connectivity index (χ4v) is 3.49. The Labute approximate surface area is 299 Å². The van der Waals surface area contributed by atoms with Gasteiger partial charge in [0.25, 0.3) is 0 Å². The van der Waals surface area contributed by atoms with Gasteiger partial charge in [0, 0.05) is 105 Å². The Morgan fingerprint density at radius 1 is 0.711 bits per heavy atom. The molecule has 4 unspecified atom stereocenters. The van der Waals surface area contributed by atoms with Crippen LogP contribution in [0.5, 0.6) is 5.75 Å². The van der Waals surface area contributed by atoms with E-state index in [4.69, 9.17) is 4.74 Å². The fourth-order valence-electron chi connectivity index (χ4n) is 3.49. The van der Waals surface area contributed by atoms with Gasteiger partial charge in [0.15, 0.2) is 0 Å². The van der Waals surface area contributed by atoms with Crippen LogP contribution in [-0.4, -0.2) is 52.1 Å². The van der Waals surface area contributed by atoms with Crippen molar-refractivity contribution < 1.29 is 139 Å². The third-order valence-electron chi connectivity index (χ3n) is 4.59. The number of carbonyl (C=O) groups is 4. The van der Waals surface area contributed by atoms with Crippen LogP contribution in [0.2, 0.25) is 0 Å². The predicted octanol–water partition coefficient (Wildman–Crippen LogP) is 1.48. The van der Waals surface area contributed by atoms with E-state index in [1.54, 1.807) is 7.11 Å².